The summed E-state index contributed by atoms with van der Waals surface area (Å²) in [5.74, 6) is -2.14. The number of hydrogen-bond acceptors (Lipinski definition) is 6. The van der Waals surface area contributed by atoms with Gasteiger partial charge in [0.1, 0.15) is 11.5 Å². The third kappa shape index (κ3) is 3.68. The summed E-state index contributed by atoms with van der Waals surface area (Å²) in [5, 5.41) is 10.7. The first-order valence-corrected chi connectivity index (χ1v) is 8.87. The van der Waals surface area contributed by atoms with E-state index in [1.54, 1.807) is 6.26 Å². The molecule has 0 radical (unpaired) electrons. The largest absolute Gasteiger partial charge is 0.448 e. The Balaban J connectivity index is 2.16. The highest BCUT2D eigenvalue weighted by molar-refractivity contribution is 7.98. The Morgan fingerprint density at radius 2 is 2.08 bits per heavy atom. The SMILES string of the molecule is CSc1ncc2cc(Oc3ccc(F)cc3F)c(=O)n(C[C@@H](C)O)c2n1. The van der Waals surface area contributed by atoms with Gasteiger partial charge in [0.25, 0.3) is 5.56 Å². The second-order valence-electron chi connectivity index (χ2n) is 5.59. The summed E-state index contributed by atoms with van der Waals surface area (Å²) in [6.45, 7) is 1.51. The van der Waals surface area contributed by atoms with Crippen LogP contribution >= 0.6 is 11.8 Å². The third-order valence-electron chi connectivity index (χ3n) is 3.52. The van der Waals surface area contributed by atoms with Gasteiger partial charge in [0.2, 0.25) is 0 Å². The number of benzene rings is 1. The van der Waals surface area contributed by atoms with E-state index in [4.69, 9.17) is 4.74 Å². The van der Waals surface area contributed by atoms with Crippen LogP contribution < -0.4 is 10.3 Å². The second-order valence-corrected chi connectivity index (χ2v) is 6.36. The molecule has 26 heavy (non-hydrogen) atoms. The van der Waals surface area contributed by atoms with Gasteiger partial charge in [-0.25, -0.2) is 18.7 Å². The molecule has 0 saturated heterocycles. The van der Waals surface area contributed by atoms with Gasteiger partial charge in [0.05, 0.1) is 12.6 Å². The number of ether oxygens (including phenoxy) is 1. The zero-order chi connectivity index (χ0) is 18.8. The van der Waals surface area contributed by atoms with Gasteiger partial charge >= 0.3 is 0 Å². The van der Waals surface area contributed by atoms with E-state index in [-0.39, 0.29) is 18.0 Å². The molecule has 3 rings (SSSR count). The molecule has 1 aromatic carbocycles. The molecule has 0 aliphatic rings. The molecule has 6 nitrogen and oxygen atoms in total. The second kappa shape index (κ2) is 7.38. The molecule has 0 aliphatic heterocycles. The van der Waals surface area contributed by atoms with E-state index in [1.165, 1.54) is 35.5 Å². The first-order valence-electron chi connectivity index (χ1n) is 7.64. The van der Waals surface area contributed by atoms with Crippen LogP contribution in [-0.2, 0) is 6.54 Å². The molecule has 136 valence electrons. The van der Waals surface area contributed by atoms with Crippen molar-refractivity contribution in [1.29, 1.82) is 0 Å². The minimum absolute atomic E-state index is 0.0245. The van der Waals surface area contributed by atoms with E-state index in [0.717, 1.165) is 12.1 Å². The van der Waals surface area contributed by atoms with Crippen LogP contribution in [0.25, 0.3) is 11.0 Å². The average molecular weight is 379 g/mol. The Labute approximate surface area is 151 Å². The van der Waals surface area contributed by atoms with Crippen molar-refractivity contribution in [1.82, 2.24) is 14.5 Å². The van der Waals surface area contributed by atoms with Crippen LogP contribution in [0, 0.1) is 11.6 Å². The maximum Gasteiger partial charge on any atom is 0.295 e. The molecule has 0 fully saturated rings. The number of thioether (sulfide) groups is 1. The van der Waals surface area contributed by atoms with Crippen LogP contribution in [0.15, 0.2) is 40.4 Å². The summed E-state index contributed by atoms with van der Waals surface area (Å²) in [6, 6.07) is 4.18. The lowest BCUT2D eigenvalue weighted by Crippen LogP contribution is -2.27. The van der Waals surface area contributed by atoms with Crippen LogP contribution in [-0.4, -0.2) is 32.0 Å². The van der Waals surface area contributed by atoms with E-state index in [9.17, 15) is 18.7 Å². The van der Waals surface area contributed by atoms with Crippen LogP contribution in [0.5, 0.6) is 11.5 Å². The van der Waals surface area contributed by atoms with Gasteiger partial charge in [-0.1, -0.05) is 11.8 Å². The van der Waals surface area contributed by atoms with Crippen LogP contribution in [0.1, 0.15) is 6.92 Å². The fourth-order valence-corrected chi connectivity index (χ4v) is 2.73. The van der Waals surface area contributed by atoms with Gasteiger partial charge in [-0.15, -0.1) is 0 Å². The predicted octanol–water partition coefficient (Wildman–Crippen LogP) is 2.96. The molecule has 0 saturated carbocycles. The number of aliphatic hydroxyl groups is 1. The molecule has 0 spiro atoms. The summed E-state index contributed by atoms with van der Waals surface area (Å²) >= 11 is 1.31. The number of hydrogen-bond donors (Lipinski definition) is 1. The number of nitrogens with zero attached hydrogens (tertiary/aromatic N) is 3. The molecular formula is C17H15F2N3O3S. The fourth-order valence-electron chi connectivity index (χ4n) is 2.40. The Kier molecular flexibility index (Phi) is 5.19. The molecule has 0 bridgehead atoms. The fraction of sp³-hybridized carbons (Fsp3) is 0.235. The maximum absolute atomic E-state index is 13.8. The molecule has 0 amide bonds. The predicted molar refractivity (Wildman–Crippen MR) is 93.7 cm³/mol. The highest BCUT2D eigenvalue weighted by atomic mass is 32.2. The smallest absolute Gasteiger partial charge is 0.295 e. The van der Waals surface area contributed by atoms with Gasteiger partial charge in [0.15, 0.2) is 22.5 Å². The monoisotopic (exact) mass is 379 g/mol. The molecule has 0 unspecified atom stereocenters. The van der Waals surface area contributed by atoms with Gasteiger partial charge in [-0.05, 0) is 31.4 Å². The minimum atomic E-state index is -0.930. The van der Waals surface area contributed by atoms with Crippen molar-refractivity contribution in [3.05, 3.63) is 52.5 Å². The minimum Gasteiger partial charge on any atom is -0.448 e. The highest BCUT2D eigenvalue weighted by Crippen LogP contribution is 2.25. The lowest BCUT2D eigenvalue weighted by molar-refractivity contribution is 0.173. The lowest BCUT2D eigenvalue weighted by atomic mass is 10.3. The number of fused-ring (bicyclic) bond motifs is 1. The van der Waals surface area contributed by atoms with Crippen LogP contribution in [0.2, 0.25) is 0 Å². The topological polar surface area (TPSA) is 77.2 Å². The molecule has 2 heterocycles. The van der Waals surface area contributed by atoms with Gasteiger partial charge in [-0.3, -0.25) is 9.36 Å². The number of rotatable bonds is 5. The Morgan fingerprint density at radius 1 is 1.31 bits per heavy atom. The molecule has 2 aromatic heterocycles. The molecule has 1 N–H and O–H groups in total. The Morgan fingerprint density at radius 3 is 2.73 bits per heavy atom. The van der Waals surface area contributed by atoms with E-state index >= 15 is 0 Å². The quantitative estimate of drug-likeness (QED) is 0.543. The van der Waals surface area contributed by atoms with E-state index in [1.807, 2.05) is 0 Å². The van der Waals surface area contributed by atoms with Crippen molar-refractivity contribution in [2.24, 2.45) is 0 Å². The molecular weight excluding hydrogens is 364 g/mol. The summed E-state index contributed by atoms with van der Waals surface area (Å²) < 4.78 is 33.5. The van der Waals surface area contributed by atoms with Crippen LogP contribution in [0.4, 0.5) is 8.78 Å². The molecule has 9 heteroatoms. The van der Waals surface area contributed by atoms with Crippen molar-refractivity contribution in [3.63, 3.8) is 0 Å². The number of halogens is 2. The first-order chi connectivity index (χ1) is 12.4. The summed E-state index contributed by atoms with van der Waals surface area (Å²) in [6.07, 6.45) is 2.49. The van der Waals surface area contributed by atoms with Gasteiger partial charge < -0.3 is 9.84 Å². The highest BCUT2D eigenvalue weighted by Gasteiger charge is 2.16. The number of aliphatic hydroxyl groups excluding tert-OH is 1. The van der Waals surface area contributed by atoms with Crippen LogP contribution in [0.3, 0.4) is 0 Å². The number of aromatic nitrogens is 3. The van der Waals surface area contributed by atoms with E-state index < -0.39 is 23.3 Å². The van der Waals surface area contributed by atoms with Crippen molar-refractivity contribution in [2.45, 2.75) is 24.7 Å². The summed E-state index contributed by atoms with van der Waals surface area (Å²) in [7, 11) is 0. The van der Waals surface area contributed by atoms with Crippen molar-refractivity contribution in [2.75, 3.05) is 6.26 Å². The average Bonchev–Trinajstić information content (AvgIpc) is 2.60. The van der Waals surface area contributed by atoms with Crippen molar-refractivity contribution >= 4 is 22.8 Å². The molecule has 1 atom stereocenters. The standard InChI is InChI=1S/C17H15F2N3O3S/c1-9(23)8-22-15-10(7-20-17(21-15)26-2)5-14(16(22)24)25-13-4-3-11(18)6-12(13)19/h3-7,9,23H,8H2,1-2H3/t9-/m1/s1. The van der Waals surface area contributed by atoms with Gasteiger partial charge in [0, 0.05) is 17.6 Å². The molecule has 3 aromatic rings. The maximum atomic E-state index is 13.8. The lowest BCUT2D eigenvalue weighted by Gasteiger charge is -2.14. The summed E-state index contributed by atoms with van der Waals surface area (Å²) in [4.78, 5) is 21.2. The Hall–Kier alpha value is -2.52. The zero-order valence-electron chi connectivity index (χ0n) is 13.9. The first kappa shape index (κ1) is 18.3. The van der Waals surface area contributed by atoms with Crippen molar-refractivity contribution in [3.8, 4) is 11.5 Å². The Bertz CT molecular complexity index is 1020. The van der Waals surface area contributed by atoms with Crippen molar-refractivity contribution < 1.29 is 18.6 Å². The number of pyridine rings is 1. The third-order valence-corrected chi connectivity index (χ3v) is 4.08. The van der Waals surface area contributed by atoms with E-state index in [2.05, 4.69) is 9.97 Å². The normalized spacial score (nSPS) is 12.3. The van der Waals surface area contributed by atoms with E-state index in [0.29, 0.717) is 22.3 Å². The molecule has 0 aliphatic carbocycles. The van der Waals surface area contributed by atoms with Gasteiger partial charge in [-0.2, -0.15) is 0 Å². The summed E-state index contributed by atoms with van der Waals surface area (Å²) in [5.41, 5.74) is -0.255. The zero-order valence-corrected chi connectivity index (χ0v) is 14.8.